The van der Waals surface area contributed by atoms with Crippen LogP contribution in [0.5, 0.6) is 5.88 Å². The van der Waals surface area contributed by atoms with Gasteiger partial charge >= 0.3 is 0 Å². The van der Waals surface area contributed by atoms with Crippen LogP contribution >= 0.6 is 0 Å². The Hall–Kier alpha value is -1.85. The average Bonchev–Trinajstić information content (AvgIpc) is 2.87. The fourth-order valence-electron chi connectivity index (χ4n) is 2.78. The first kappa shape index (κ1) is 13.1. The normalized spacial score (nSPS) is 22.9. The van der Waals surface area contributed by atoms with Crippen molar-refractivity contribution in [1.82, 2.24) is 20.2 Å². The lowest BCUT2D eigenvalue weighted by Gasteiger charge is -2.27. The Kier molecular flexibility index (Phi) is 3.71. The number of rotatable bonds is 4. The maximum atomic E-state index is 6.13. The number of fused-ring (bicyclic) bond motifs is 1. The molecular weight excluding hydrogens is 254 g/mol. The molecule has 2 unspecified atom stereocenters. The van der Waals surface area contributed by atoms with E-state index >= 15 is 0 Å². The maximum absolute atomic E-state index is 6.13. The van der Waals surface area contributed by atoms with Crippen LogP contribution in [0.15, 0.2) is 6.20 Å². The molecule has 0 amide bonds. The molecule has 0 saturated heterocycles. The molecular formula is C14H21N5O. The number of nitrogens with zero attached hydrogens (tertiary/aromatic N) is 3. The van der Waals surface area contributed by atoms with E-state index in [4.69, 9.17) is 4.74 Å². The molecule has 2 heterocycles. The molecule has 108 valence electrons. The van der Waals surface area contributed by atoms with Gasteiger partial charge in [-0.15, -0.1) is 0 Å². The molecule has 0 aliphatic heterocycles. The van der Waals surface area contributed by atoms with Gasteiger partial charge in [0.1, 0.15) is 11.5 Å². The smallest absolute Gasteiger partial charge is 0.229 e. The predicted molar refractivity (Wildman–Crippen MR) is 77.9 cm³/mol. The third kappa shape index (κ3) is 2.69. The second kappa shape index (κ2) is 5.64. The first-order chi connectivity index (χ1) is 9.76. The molecule has 0 spiro atoms. The maximum Gasteiger partial charge on any atom is 0.229 e. The van der Waals surface area contributed by atoms with E-state index in [1.165, 1.54) is 12.8 Å². The molecule has 1 fully saturated rings. The Morgan fingerprint density at radius 2 is 2.30 bits per heavy atom. The van der Waals surface area contributed by atoms with Gasteiger partial charge < -0.3 is 10.1 Å². The van der Waals surface area contributed by atoms with Gasteiger partial charge in [-0.25, -0.2) is 0 Å². The van der Waals surface area contributed by atoms with Gasteiger partial charge in [0.25, 0.3) is 0 Å². The highest BCUT2D eigenvalue weighted by Crippen LogP contribution is 2.29. The van der Waals surface area contributed by atoms with Gasteiger partial charge in [-0.05, 0) is 32.1 Å². The summed E-state index contributed by atoms with van der Waals surface area (Å²) < 4.78 is 6.13. The number of nitrogens with one attached hydrogen (secondary N) is 2. The van der Waals surface area contributed by atoms with Crippen molar-refractivity contribution in [3.63, 3.8) is 0 Å². The molecule has 0 radical (unpaired) electrons. The fraction of sp³-hybridized carbons (Fsp3) is 0.643. The van der Waals surface area contributed by atoms with E-state index in [1.807, 2.05) is 6.92 Å². The lowest BCUT2D eigenvalue weighted by Crippen LogP contribution is -2.24. The SMILES string of the molecule is CCNc1nc(OC2CCCC(C)C2)c2cn[nH]c2n1. The minimum atomic E-state index is 0.251. The lowest BCUT2D eigenvalue weighted by molar-refractivity contribution is 0.126. The summed E-state index contributed by atoms with van der Waals surface area (Å²) in [5, 5.41) is 10.9. The number of anilines is 1. The van der Waals surface area contributed by atoms with E-state index in [2.05, 4.69) is 32.4 Å². The molecule has 6 nitrogen and oxygen atoms in total. The summed E-state index contributed by atoms with van der Waals surface area (Å²) in [6.07, 6.45) is 6.71. The van der Waals surface area contributed by atoms with Crippen LogP contribution in [0.3, 0.4) is 0 Å². The van der Waals surface area contributed by atoms with E-state index in [1.54, 1.807) is 6.20 Å². The number of hydrogen-bond acceptors (Lipinski definition) is 5. The van der Waals surface area contributed by atoms with Gasteiger partial charge in [0.05, 0.1) is 6.20 Å². The Labute approximate surface area is 118 Å². The van der Waals surface area contributed by atoms with Gasteiger partial charge in [0.15, 0.2) is 5.65 Å². The van der Waals surface area contributed by atoms with Crippen LogP contribution < -0.4 is 10.1 Å². The lowest BCUT2D eigenvalue weighted by atomic mass is 9.89. The molecule has 0 bridgehead atoms. The van der Waals surface area contributed by atoms with Crippen LogP contribution in [0, 0.1) is 5.92 Å². The number of aromatic nitrogens is 4. The molecule has 1 aliphatic rings. The highest BCUT2D eigenvalue weighted by Gasteiger charge is 2.22. The minimum absolute atomic E-state index is 0.251. The van der Waals surface area contributed by atoms with Crippen molar-refractivity contribution in [2.45, 2.75) is 45.6 Å². The van der Waals surface area contributed by atoms with E-state index in [-0.39, 0.29) is 6.10 Å². The van der Waals surface area contributed by atoms with Crippen molar-refractivity contribution in [3.8, 4) is 5.88 Å². The largest absolute Gasteiger partial charge is 0.474 e. The second-order valence-electron chi connectivity index (χ2n) is 5.53. The van der Waals surface area contributed by atoms with Crippen LogP contribution in [0.2, 0.25) is 0 Å². The number of ether oxygens (including phenoxy) is 1. The molecule has 3 rings (SSSR count). The summed E-state index contributed by atoms with van der Waals surface area (Å²) in [5.41, 5.74) is 0.717. The van der Waals surface area contributed by atoms with E-state index in [0.29, 0.717) is 11.8 Å². The van der Waals surface area contributed by atoms with Crippen molar-refractivity contribution in [2.75, 3.05) is 11.9 Å². The van der Waals surface area contributed by atoms with Crippen LogP contribution in [0.4, 0.5) is 5.95 Å². The molecule has 2 N–H and O–H groups in total. The Morgan fingerprint density at radius 3 is 3.10 bits per heavy atom. The third-order valence-corrected chi connectivity index (χ3v) is 3.78. The molecule has 2 atom stereocenters. The van der Waals surface area contributed by atoms with Gasteiger partial charge in [0, 0.05) is 6.54 Å². The van der Waals surface area contributed by atoms with Crippen LogP contribution in [-0.4, -0.2) is 32.8 Å². The summed E-state index contributed by atoms with van der Waals surface area (Å²) in [6, 6.07) is 0. The quantitative estimate of drug-likeness (QED) is 0.897. The van der Waals surface area contributed by atoms with Crippen LogP contribution in [-0.2, 0) is 0 Å². The highest BCUT2D eigenvalue weighted by molar-refractivity contribution is 5.80. The zero-order valence-electron chi connectivity index (χ0n) is 12.0. The van der Waals surface area contributed by atoms with Crippen LogP contribution in [0.25, 0.3) is 11.0 Å². The summed E-state index contributed by atoms with van der Waals surface area (Å²) in [5.74, 6) is 1.95. The first-order valence-corrected chi connectivity index (χ1v) is 7.38. The Bertz CT molecular complexity index is 582. The van der Waals surface area contributed by atoms with Gasteiger partial charge in [0.2, 0.25) is 11.8 Å². The second-order valence-corrected chi connectivity index (χ2v) is 5.53. The molecule has 0 aromatic carbocycles. The van der Waals surface area contributed by atoms with Gasteiger partial charge in [-0.3, -0.25) is 5.10 Å². The van der Waals surface area contributed by atoms with E-state index < -0.39 is 0 Å². The van der Waals surface area contributed by atoms with Gasteiger partial charge in [-0.2, -0.15) is 15.1 Å². The van der Waals surface area contributed by atoms with Crippen molar-refractivity contribution in [1.29, 1.82) is 0 Å². The van der Waals surface area contributed by atoms with Crippen molar-refractivity contribution < 1.29 is 4.74 Å². The summed E-state index contributed by atoms with van der Waals surface area (Å²) in [4.78, 5) is 8.85. The first-order valence-electron chi connectivity index (χ1n) is 7.38. The zero-order chi connectivity index (χ0) is 13.9. The molecule has 1 saturated carbocycles. The topological polar surface area (TPSA) is 75.7 Å². The minimum Gasteiger partial charge on any atom is -0.474 e. The van der Waals surface area contributed by atoms with Crippen LogP contribution in [0.1, 0.15) is 39.5 Å². The van der Waals surface area contributed by atoms with E-state index in [9.17, 15) is 0 Å². The number of H-pyrrole nitrogens is 1. The molecule has 2 aromatic rings. The predicted octanol–water partition coefficient (Wildman–Crippen LogP) is 2.74. The third-order valence-electron chi connectivity index (χ3n) is 3.78. The zero-order valence-corrected chi connectivity index (χ0v) is 12.0. The standard InChI is InChI=1S/C14H21N5O/c1-3-15-14-17-12-11(8-16-19-12)13(18-14)20-10-6-4-5-9(2)7-10/h8-10H,3-7H2,1-2H3,(H2,15,16,17,18,19). The Balaban J connectivity index is 1.86. The highest BCUT2D eigenvalue weighted by atomic mass is 16.5. The molecule has 20 heavy (non-hydrogen) atoms. The van der Waals surface area contributed by atoms with Crippen molar-refractivity contribution >= 4 is 17.0 Å². The number of hydrogen-bond donors (Lipinski definition) is 2. The van der Waals surface area contributed by atoms with Crippen molar-refractivity contribution in [2.24, 2.45) is 5.92 Å². The Morgan fingerprint density at radius 1 is 1.40 bits per heavy atom. The average molecular weight is 275 g/mol. The number of aromatic amines is 1. The summed E-state index contributed by atoms with van der Waals surface area (Å²) >= 11 is 0. The summed E-state index contributed by atoms with van der Waals surface area (Å²) in [6.45, 7) is 5.08. The van der Waals surface area contributed by atoms with Crippen molar-refractivity contribution in [3.05, 3.63) is 6.20 Å². The summed E-state index contributed by atoms with van der Waals surface area (Å²) in [7, 11) is 0. The molecule has 1 aliphatic carbocycles. The molecule has 2 aromatic heterocycles. The van der Waals surface area contributed by atoms with E-state index in [0.717, 1.165) is 36.3 Å². The molecule has 6 heteroatoms. The monoisotopic (exact) mass is 275 g/mol. The van der Waals surface area contributed by atoms with Gasteiger partial charge in [-0.1, -0.05) is 13.3 Å². The fourth-order valence-corrected chi connectivity index (χ4v) is 2.78.